The summed E-state index contributed by atoms with van der Waals surface area (Å²) in [5.74, 6) is 0.859. The lowest BCUT2D eigenvalue weighted by Crippen LogP contribution is -2.01. The molecule has 100 valence electrons. The Hall–Kier alpha value is -1.38. The fourth-order valence-corrected chi connectivity index (χ4v) is 2.13. The van der Waals surface area contributed by atoms with Crippen LogP contribution < -0.4 is 10.1 Å². The summed E-state index contributed by atoms with van der Waals surface area (Å²) in [7, 11) is 1.66. The van der Waals surface area contributed by atoms with Crippen molar-refractivity contribution < 1.29 is 4.74 Å². The molecule has 0 heterocycles. The summed E-state index contributed by atoms with van der Waals surface area (Å²) in [5.41, 5.74) is 3.30. The second kappa shape index (κ2) is 6.18. The standard InChI is InChI=1S/C15H15Cl2NO/c1-10-7-12(19-2)4-6-15(10)18-9-11-3-5-13(16)14(17)8-11/h3-8,18H,9H2,1-2H3. The Morgan fingerprint density at radius 1 is 1.05 bits per heavy atom. The van der Waals surface area contributed by atoms with Gasteiger partial charge in [0.25, 0.3) is 0 Å². The number of ether oxygens (including phenoxy) is 1. The van der Waals surface area contributed by atoms with Gasteiger partial charge in [-0.3, -0.25) is 0 Å². The predicted octanol–water partition coefficient (Wildman–Crippen LogP) is 4.92. The van der Waals surface area contributed by atoms with Crippen molar-refractivity contribution in [3.8, 4) is 5.75 Å². The Balaban J connectivity index is 2.07. The zero-order valence-corrected chi connectivity index (χ0v) is 12.3. The van der Waals surface area contributed by atoms with Gasteiger partial charge in [-0.05, 0) is 48.4 Å². The summed E-state index contributed by atoms with van der Waals surface area (Å²) in [5, 5.41) is 4.52. The number of halogens is 2. The second-order valence-electron chi connectivity index (χ2n) is 4.28. The van der Waals surface area contributed by atoms with Crippen LogP contribution >= 0.6 is 23.2 Å². The monoisotopic (exact) mass is 295 g/mol. The fraction of sp³-hybridized carbons (Fsp3) is 0.200. The third-order valence-electron chi connectivity index (χ3n) is 2.90. The van der Waals surface area contributed by atoms with Gasteiger partial charge >= 0.3 is 0 Å². The van der Waals surface area contributed by atoms with E-state index in [9.17, 15) is 0 Å². The van der Waals surface area contributed by atoms with E-state index in [2.05, 4.69) is 5.32 Å². The van der Waals surface area contributed by atoms with Crippen molar-refractivity contribution in [3.63, 3.8) is 0 Å². The molecule has 2 aromatic carbocycles. The van der Waals surface area contributed by atoms with E-state index in [0.29, 0.717) is 16.6 Å². The Labute approximate surface area is 123 Å². The van der Waals surface area contributed by atoms with Crippen molar-refractivity contribution in [2.24, 2.45) is 0 Å². The maximum absolute atomic E-state index is 5.99. The lowest BCUT2D eigenvalue weighted by Gasteiger charge is -2.11. The summed E-state index contributed by atoms with van der Waals surface area (Å²) >= 11 is 11.9. The molecule has 2 nitrogen and oxygen atoms in total. The van der Waals surface area contributed by atoms with Crippen molar-refractivity contribution in [2.75, 3.05) is 12.4 Å². The van der Waals surface area contributed by atoms with Gasteiger partial charge in [-0.2, -0.15) is 0 Å². The molecule has 0 atom stereocenters. The molecule has 0 radical (unpaired) electrons. The highest BCUT2D eigenvalue weighted by Crippen LogP contribution is 2.24. The van der Waals surface area contributed by atoms with Crippen molar-refractivity contribution in [1.82, 2.24) is 0 Å². The zero-order valence-electron chi connectivity index (χ0n) is 10.8. The number of aryl methyl sites for hydroxylation is 1. The fourth-order valence-electron chi connectivity index (χ4n) is 1.81. The number of anilines is 1. The first kappa shape index (κ1) is 14.0. The van der Waals surface area contributed by atoms with Crippen LogP contribution in [0.25, 0.3) is 0 Å². The molecule has 0 unspecified atom stereocenters. The largest absolute Gasteiger partial charge is 0.497 e. The first-order chi connectivity index (χ1) is 9.10. The van der Waals surface area contributed by atoms with Gasteiger partial charge in [0.2, 0.25) is 0 Å². The number of methoxy groups -OCH3 is 1. The van der Waals surface area contributed by atoms with Gasteiger partial charge < -0.3 is 10.1 Å². The normalized spacial score (nSPS) is 10.3. The van der Waals surface area contributed by atoms with Crippen LogP contribution in [0.3, 0.4) is 0 Å². The number of hydrogen-bond donors (Lipinski definition) is 1. The van der Waals surface area contributed by atoms with Crippen LogP contribution in [-0.2, 0) is 6.54 Å². The molecule has 19 heavy (non-hydrogen) atoms. The minimum atomic E-state index is 0.575. The van der Waals surface area contributed by atoms with Gasteiger partial charge in [-0.1, -0.05) is 29.3 Å². The molecule has 0 aliphatic heterocycles. The predicted molar refractivity (Wildman–Crippen MR) is 81.5 cm³/mol. The number of benzene rings is 2. The molecule has 0 bridgehead atoms. The summed E-state index contributed by atoms with van der Waals surface area (Å²) < 4.78 is 5.18. The first-order valence-corrected chi connectivity index (χ1v) is 6.68. The van der Waals surface area contributed by atoms with Crippen LogP contribution in [0.5, 0.6) is 5.75 Å². The summed E-state index contributed by atoms with van der Waals surface area (Å²) in [4.78, 5) is 0. The highest BCUT2D eigenvalue weighted by molar-refractivity contribution is 6.42. The second-order valence-corrected chi connectivity index (χ2v) is 5.10. The SMILES string of the molecule is COc1ccc(NCc2ccc(Cl)c(Cl)c2)c(C)c1. The maximum Gasteiger partial charge on any atom is 0.119 e. The minimum absolute atomic E-state index is 0.575. The van der Waals surface area contributed by atoms with Gasteiger partial charge in [0.05, 0.1) is 17.2 Å². The molecule has 0 fully saturated rings. The zero-order chi connectivity index (χ0) is 13.8. The van der Waals surface area contributed by atoms with E-state index in [4.69, 9.17) is 27.9 Å². The van der Waals surface area contributed by atoms with Crippen LogP contribution in [0.15, 0.2) is 36.4 Å². The Bertz CT molecular complexity index is 584. The molecule has 4 heteroatoms. The average Bonchev–Trinajstić information content (AvgIpc) is 2.41. The van der Waals surface area contributed by atoms with Crippen LogP contribution in [0.2, 0.25) is 10.0 Å². The molecule has 0 saturated heterocycles. The lowest BCUT2D eigenvalue weighted by atomic mass is 10.1. The smallest absolute Gasteiger partial charge is 0.119 e. The molecule has 0 aliphatic carbocycles. The first-order valence-electron chi connectivity index (χ1n) is 5.92. The number of rotatable bonds is 4. The molecule has 0 aliphatic rings. The van der Waals surface area contributed by atoms with E-state index >= 15 is 0 Å². The molecule has 0 saturated carbocycles. The third-order valence-corrected chi connectivity index (χ3v) is 3.64. The number of nitrogens with one attached hydrogen (secondary N) is 1. The molecule has 0 spiro atoms. The van der Waals surface area contributed by atoms with Gasteiger partial charge in [-0.25, -0.2) is 0 Å². The Morgan fingerprint density at radius 3 is 2.47 bits per heavy atom. The van der Waals surface area contributed by atoms with Crippen molar-refractivity contribution in [1.29, 1.82) is 0 Å². The summed E-state index contributed by atoms with van der Waals surface area (Å²) in [6, 6.07) is 11.6. The van der Waals surface area contributed by atoms with E-state index in [1.807, 2.05) is 43.3 Å². The Morgan fingerprint density at radius 2 is 1.84 bits per heavy atom. The summed E-state index contributed by atoms with van der Waals surface area (Å²) in [6.07, 6.45) is 0. The highest BCUT2D eigenvalue weighted by atomic mass is 35.5. The van der Waals surface area contributed by atoms with E-state index < -0.39 is 0 Å². The van der Waals surface area contributed by atoms with Gasteiger partial charge in [0.15, 0.2) is 0 Å². The number of hydrogen-bond acceptors (Lipinski definition) is 2. The van der Waals surface area contributed by atoms with Crippen LogP contribution in [0, 0.1) is 6.92 Å². The van der Waals surface area contributed by atoms with Crippen molar-refractivity contribution >= 4 is 28.9 Å². The lowest BCUT2D eigenvalue weighted by molar-refractivity contribution is 0.414. The van der Waals surface area contributed by atoms with E-state index in [1.54, 1.807) is 7.11 Å². The minimum Gasteiger partial charge on any atom is -0.497 e. The Kier molecular flexibility index (Phi) is 4.56. The average molecular weight is 296 g/mol. The van der Waals surface area contributed by atoms with Gasteiger partial charge in [0, 0.05) is 12.2 Å². The van der Waals surface area contributed by atoms with E-state index in [0.717, 1.165) is 22.6 Å². The topological polar surface area (TPSA) is 21.3 Å². The van der Waals surface area contributed by atoms with Crippen molar-refractivity contribution in [3.05, 3.63) is 57.6 Å². The molecule has 1 N–H and O–H groups in total. The molecule has 2 aromatic rings. The van der Waals surface area contributed by atoms with Gasteiger partial charge in [0.1, 0.15) is 5.75 Å². The molecular formula is C15H15Cl2NO. The van der Waals surface area contributed by atoms with Gasteiger partial charge in [-0.15, -0.1) is 0 Å². The van der Waals surface area contributed by atoms with Crippen LogP contribution in [0.4, 0.5) is 5.69 Å². The van der Waals surface area contributed by atoms with Crippen molar-refractivity contribution in [2.45, 2.75) is 13.5 Å². The third kappa shape index (κ3) is 3.55. The van der Waals surface area contributed by atoms with E-state index in [1.165, 1.54) is 0 Å². The van der Waals surface area contributed by atoms with Crippen LogP contribution in [0.1, 0.15) is 11.1 Å². The van der Waals surface area contributed by atoms with Crippen LogP contribution in [-0.4, -0.2) is 7.11 Å². The molecular weight excluding hydrogens is 281 g/mol. The highest BCUT2D eigenvalue weighted by Gasteiger charge is 2.02. The molecule has 0 amide bonds. The summed E-state index contributed by atoms with van der Waals surface area (Å²) in [6.45, 7) is 2.74. The maximum atomic E-state index is 5.99. The molecule has 2 rings (SSSR count). The molecule has 0 aromatic heterocycles. The van der Waals surface area contributed by atoms with E-state index in [-0.39, 0.29) is 0 Å². The quantitative estimate of drug-likeness (QED) is 0.864.